The van der Waals surface area contributed by atoms with Crippen LogP contribution in [0.15, 0.2) is 18.2 Å². The number of nitrogens with one attached hydrogen (secondary N) is 2. The van der Waals surface area contributed by atoms with Gasteiger partial charge < -0.3 is 15.7 Å². The molecule has 1 aromatic carbocycles. The quantitative estimate of drug-likeness (QED) is 0.781. The van der Waals surface area contributed by atoms with Crippen LogP contribution in [-0.2, 0) is 0 Å². The lowest BCUT2D eigenvalue weighted by Crippen LogP contribution is -2.52. The summed E-state index contributed by atoms with van der Waals surface area (Å²) in [6.07, 6.45) is 2.14. The molecule has 0 heterocycles. The third-order valence-corrected chi connectivity index (χ3v) is 3.85. The van der Waals surface area contributed by atoms with Crippen LogP contribution in [0.2, 0.25) is 0 Å². The predicted molar refractivity (Wildman–Crippen MR) is 76.3 cm³/mol. The van der Waals surface area contributed by atoms with Crippen molar-refractivity contribution in [2.24, 2.45) is 5.92 Å². The molecule has 4 nitrogen and oxygen atoms in total. The van der Waals surface area contributed by atoms with E-state index >= 15 is 0 Å². The number of anilines is 1. The SMILES string of the molecule is Cc1ccc(C)c(NC(=O)NC(C)(CO)C2CC2)c1. The van der Waals surface area contributed by atoms with Gasteiger partial charge in [-0.1, -0.05) is 12.1 Å². The first-order chi connectivity index (χ1) is 8.94. The van der Waals surface area contributed by atoms with Gasteiger partial charge >= 0.3 is 6.03 Å². The van der Waals surface area contributed by atoms with Crippen LogP contribution >= 0.6 is 0 Å². The van der Waals surface area contributed by atoms with Crippen molar-refractivity contribution in [3.05, 3.63) is 29.3 Å². The highest BCUT2D eigenvalue weighted by molar-refractivity contribution is 5.90. The molecule has 1 aliphatic carbocycles. The van der Waals surface area contributed by atoms with Crippen LogP contribution < -0.4 is 10.6 Å². The Hall–Kier alpha value is -1.55. The van der Waals surface area contributed by atoms with Gasteiger partial charge in [0.05, 0.1) is 12.1 Å². The Morgan fingerprint density at radius 1 is 1.42 bits per heavy atom. The number of carbonyl (C=O) groups is 1. The van der Waals surface area contributed by atoms with Crippen molar-refractivity contribution >= 4 is 11.7 Å². The normalized spacial score (nSPS) is 17.7. The number of urea groups is 1. The molecule has 0 saturated heterocycles. The first-order valence-electron chi connectivity index (χ1n) is 6.72. The van der Waals surface area contributed by atoms with E-state index in [4.69, 9.17) is 0 Å². The maximum absolute atomic E-state index is 12.0. The van der Waals surface area contributed by atoms with Gasteiger partial charge in [-0.15, -0.1) is 0 Å². The van der Waals surface area contributed by atoms with E-state index in [2.05, 4.69) is 10.6 Å². The first-order valence-corrected chi connectivity index (χ1v) is 6.72. The summed E-state index contributed by atoms with van der Waals surface area (Å²) in [6, 6.07) is 5.69. The van der Waals surface area contributed by atoms with E-state index in [9.17, 15) is 9.90 Å². The maximum atomic E-state index is 12.0. The molecule has 1 aromatic rings. The van der Waals surface area contributed by atoms with Crippen LogP contribution in [0.5, 0.6) is 0 Å². The van der Waals surface area contributed by atoms with Crippen molar-refractivity contribution in [2.75, 3.05) is 11.9 Å². The Morgan fingerprint density at radius 3 is 2.68 bits per heavy atom. The highest BCUT2D eigenvalue weighted by atomic mass is 16.3. The van der Waals surface area contributed by atoms with E-state index in [0.717, 1.165) is 29.7 Å². The second-order valence-electron chi connectivity index (χ2n) is 5.75. The zero-order valence-corrected chi connectivity index (χ0v) is 11.8. The second kappa shape index (κ2) is 5.21. The smallest absolute Gasteiger partial charge is 0.319 e. The second-order valence-corrected chi connectivity index (χ2v) is 5.75. The van der Waals surface area contributed by atoms with Gasteiger partial charge in [0.1, 0.15) is 0 Å². The fourth-order valence-electron chi connectivity index (χ4n) is 2.27. The van der Waals surface area contributed by atoms with Crippen LogP contribution in [0.1, 0.15) is 30.9 Å². The van der Waals surface area contributed by atoms with Gasteiger partial charge in [-0.25, -0.2) is 4.79 Å². The number of aryl methyl sites for hydroxylation is 2. The number of hydrogen-bond acceptors (Lipinski definition) is 2. The zero-order chi connectivity index (χ0) is 14.0. The fraction of sp³-hybridized carbons (Fsp3) is 0.533. The molecule has 1 aliphatic rings. The van der Waals surface area contributed by atoms with E-state index in [0.29, 0.717) is 5.92 Å². The predicted octanol–water partition coefficient (Wildman–Crippen LogP) is 2.59. The van der Waals surface area contributed by atoms with E-state index in [1.54, 1.807) is 0 Å². The van der Waals surface area contributed by atoms with E-state index in [-0.39, 0.29) is 12.6 Å². The lowest BCUT2D eigenvalue weighted by molar-refractivity contribution is 0.159. The molecule has 0 aromatic heterocycles. The maximum Gasteiger partial charge on any atom is 0.319 e. The van der Waals surface area contributed by atoms with Crippen molar-refractivity contribution in [2.45, 2.75) is 39.2 Å². The number of aliphatic hydroxyl groups is 1. The molecule has 2 rings (SSSR count). The fourth-order valence-corrected chi connectivity index (χ4v) is 2.27. The van der Waals surface area contributed by atoms with Gasteiger partial charge in [0.2, 0.25) is 0 Å². The molecule has 0 radical (unpaired) electrons. The summed E-state index contributed by atoms with van der Waals surface area (Å²) in [5.74, 6) is 0.391. The number of amides is 2. The molecule has 0 spiro atoms. The number of aliphatic hydroxyl groups excluding tert-OH is 1. The lowest BCUT2D eigenvalue weighted by Gasteiger charge is -2.29. The molecular weight excluding hydrogens is 240 g/mol. The molecule has 19 heavy (non-hydrogen) atoms. The van der Waals surface area contributed by atoms with Crippen LogP contribution in [0.3, 0.4) is 0 Å². The average molecular weight is 262 g/mol. The van der Waals surface area contributed by atoms with Gasteiger partial charge in [-0.3, -0.25) is 0 Å². The van der Waals surface area contributed by atoms with Gasteiger partial charge in [-0.05, 0) is 56.7 Å². The number of benzene rings is 1. The molecule has 0 aliphatic heterocycles. The Labute approximate surface area is 114 Å². The Bertz CT molecular complexity index is 483. The minimum absolute atomic E-state index is 0.0299. The minimum atomic E-state index is -0.512. The van der Waals surface area contributed by atoms with Gasteiger partial charge in [0, 0.05) is 5.69 Å². The lowest BCUT2D eigenvalue weighted by atomic mass is 9.97. The standard InChI is InChI=1S/C15H22N2O2/c1-10-4-5-11(2)13(8-10)16-14(19)17-15(3,9-18)12-6-7-12/h4-5,8,12,18H,6-7,9H2,1-3H3,(H2,16,17,19). The third kappa shape index (κ3) is 3.26. The molecule has 4 heteroatoms. The third-order valence-electron chi connectivity index (χ3n) is 3.85. The summed E-state index contributed by atoms with van der Waals surface area (Å²) in [6.45, 7) is 5.82. The van der Waals surface area contributed by atoms with Crippen LogP contribution in [0.4, 0.5) is 10.5 Å². The molecule has 104 valence electrons. The van der Waals surface area contributed by atoms with Crippen molar-refractivity contribution in [3.8, 4) is 0 Å². The minimum Gasteiger partial charge on any atom is -0.394 e. The average Bonchev–Trinajstić information content (AvgIpc) is 3.18. The van der Waals surface area contributed by atoms with Gasteiger partial charge in [0.25, 0.3) is 0 Å². The highest BCUT2D eigenvalue weighted by Gasteiger charge is 2.42. The first kappa shape index (κ1) is 13.9. The van der Waals surface area contributed by atoms with Crippen molar-refractivity contribution in [1.82, 2.24) is 5.32 Å². The number of carbonyl (C=O) groups excluding carboxylic acids is 1. The van der Waals surface area contributed by atoms with Gasteiger partial charge in [0.15, 0.2) is 0 Å². The van der Waals surface area contributed by atoms with E-state index in [1.165, 1.54) is 0 Å². The highest BCUT2D eigenvalue weighted by Crippen LogP contribution is 2.39. The summed E-state index contributed by atoms with van der Waals surface area (Å²) < 4.78 is 0. The van der Waals surface area contributed by atoms with Crippen LogP contribution in [0, 0.1) is 19.8 Å². The van der Waals surface area contributed by atoms with Crippen molar-refractivity contribution in [1.29, 1.82) is 0 Å². The topological polar surface area (TPSA) is 61.4 Å². The van der Waals surface area contributed by atoms with Gasteiger partial charge in [-0.2, -0.15) is 0 Å². The molecule has 1 atom stereocenters. The Balaban J connectivity index is 2.02. The van der Waals surface area contributed by atoms with Crippen LogP contribution in [0.25, 0.3) is 0 Å². The summed E-state index contributed by atoms with van der Waals surface area (Å²) in [5, 5.41) is 15.2. The summed E-state index contributed by atoms with van der Waals surface area (Å²) in [5.41, 5.74) is 2.43. The Kier molecular flexibility index (Phi) is 3.80. The van der Waals surface area contributed by atoms with E-state index < -0.39 is 5.54 Å². The summed E-state index contributed by atoms with van der Waals surface area (Å²) in [7, 11) is 0. The Morgan fingerprint density at radius 2 is 2.11 bits per heavy atom. The molecule has 2 amide bonds. The zero-order valence-electron chi connectivity index (χ0n) is 11.8. The number of hydrogen-bond donors (Lipinski definition) is 3. The molecule has 3 N–H and O–H groups in total. The molecule has 1 unspecified atom stereocenters. The largest absolute Gasteiger partial charge is 0.394 e. The monoisotopic (exact) mass is 262 g/mol. The molecule has 1 fully saturated rings. The summed E-state index contributed by atoms with van der Waals surface area (Å²) in [4.78, 5) is 12.0. The number of rotatable bonds is 4. The van der Waals surface area contributed by atoms with Crippen LogP contribution in [-0.4, -0.2) is 23.3 Å². The summed E-state index contributed by atoms with van der Waals surface area (Å²) >= 11 is 0. The molecule has 1 saturated carbocycles. The molecule has 0 bridgehead atoms. The van der Waals surface area contributed by atoms with Crippen molar-refractivity contribution < 1.29 is 9.90 Å². The van der Waals surface area contributed by atoms with Crippen molar-refractivity contribution in [3.63, 3.8) is 0 Å². The molecular formula is C15H22N2O2. The van der Waals surface area contributed by atoms with E-state index in [1.807, 2.05) is 39.0 Å².